The molecule has 0 spiro atoms. The summed E-state index contributed by atoms with van der Waals surface area (Å²) < 4.78 is 11.3. The molecule has 2 rings (SSSR count). The van der Waals surface area contributed by atoms with Gasteiger partial charge in [0.05, 0.1) is 24.9 Å². The van der Waals surface area contributed by atoms with Crippen molar-refractivity contribution in [2.24, 2.45) is 0 Å². The molecule has 0 bridgehead atoms. The van der Waals surface area contributed by atoms with Gasteiger partial charge in [0.15, 0.2) is 0 Å². The van der Waals surface area contributed by atoms with Crippen LogP contribution < -0.4 is 0 Å². The van der Waals surface area contributed by atoms with Crippen molar-refractivity contribution >= 4 is 0 Å². The number of aliphatic hydroxyl groups excluding tert-OH is 1. The smallest absolute Gasteiger partial charge is 0.0900 e. The van der Waals surface area contributed by atoms with Gasteiger partial charge in [-0.25, -0.2) is 0 Å². The van der Waals surface area contributed by atoms with E-state index in [2.05, 4.69) is 36.1 Å². The van der Waals surface area contributed by atoms with E-state index in [4.69, 9.17) is 9.47 Å². The third-order valence-corrected chi connectivity index (χ3v) is 4.23. The van der Waals surface area contributed by atoms with Gasteiger partial charge in [0.25, 0.3) is 0 Å². The summed E-state index contributed by atoms with van der Waals surface area (Å²) in [7, 11) is 0. The van der Waals surface area contributed by atoms with E-state index >= 15 is 0 Å². The van der Waals surface area contributed by atoms with Crippen molar-refractivity contribution in [2.75, 3.05) is 26.3 Å². The Bertz CT molecular complexity index is 458. The first-order valence-corrected chi connectivity index (χ1v) is 8.72. The lowest BCUT2D eigenvalue weighted by atomic mass is 10.1. The number of aliphatic hydroxyl groups is 1. The molecule has 1 aromatic carbocycles. The second kappa shape index (κ2) is 9.38. The lowest BCUT2D eigenvalue weighted by molar-refractivity contribution is -0.0172. The Morgan fingerprint density at radius 3 is 2.78 bits per heavy atom. The Morgan fingerprint density at radius 1 is 1.35 bits per heavy atom. The highest BCUT2D eigenvalue weighted by Crippen LogP contribution is 2.17. The van der Waals surface area contributed by atoms with Crippen LogP contribution >= 0.6 is 0 Å². The molecule has 1 saturated heterocycles. The highest BCUT2D eigenvalue weighted by molar-refractivity contribution is 5.25. The Balaban J connectivity index is 1.94. The molecule has 0 radical (unpaired) electrons. The summed E-state index contributed by atoms with van der Waals surface area (Å²) in [6.45, 7) is 9.68. The number of hydrogen-bond donors (Lipinski definition) is 1. The fourth-order valence-corrected chi connectivity index (χ4v) is 2.96. The molecule has 1 aliphatic rings. The van der Waals surface area contributed by atoms with Crippen LogP contribution in [0.4, 0.5) is 0 Å². The lowest BCUT2D eigenvalue weighted by Crippen LogP contribution is -2.39. The van der Waals surface area contributed by atoms with Crippen LogP contribution in [0.25, 0.3) is 0 Å². The van der Waals surface area contributed by atoms with Gasteiger partial charge in [-0.3, -0.25) is 4.90 Å². The van der Waals surface area contributed by atoms with E-state index in [0.29, 0.717) is 13.2 Å². The molecule has 1 aromatic rings. The van der Waals surface area contributed by atoms with Gasteiger partial charge in [-0.05, 0) is 44.7 Å². The summed E-state index contributed by atoms with van der Waals surface area (Å²) in [5.74, 6) is 0. The summed E-state index contributed by atoms with van der Waals surface area (Å²) in [6, 6.07) is 8.44. The number of rotatable bonds is 9. The van der Waals surface area contributed by atoms with Gasteiger partial charge >= 0.3 is 0 Å². The molecular weight excluding hydrogens is 290 g/mol. The van der Waals surface area contributed by atoms with Crippen molar-refractivity contribution < 1.29 is 14.6 Å². The van der Waals surface area contributed by atoms with Gasteiger partial charge in [0.2, 0.25) is 0 Å². The molecule has 1 N–H and O–H groups in total. The highest BCUT2D eigenvalue weighted by Gasteiger charge is 2.21. The van der Waals surface area contributed by atoms with E-state index in [9.17, 15) is 5.11 Å². The molecule has 0 aromatic heterocycles. The van der Waals surface area contributed by atoms with Crippen LogP contribution in [-0.2, 0) is 16.0 Å². The van der Waals surface area contributed by atoms with Crippen LogP contribution in [0.3, 0.4) is 0 Å². The zero-order chi connectivity index (χ0) is 16.7. The van der Waals surface area contributed by atoms with Gasteiger partial charge in [-0.1, -0.05) is 24.3 Å². The Labute approximate surface area is 140 Å². The average Bonchev–Trinajstić information content (AvgIpc) is 3.00. The van der Waals surface area contributed by atoms with Crippen molar-refractivity contribution in [1.29, 1.82) is 0 Å². The maximum Gasteiger partial charge on any atom is 0.0900 e. The molecule has 130 valence electrons. The summed E-state index contributed by atoms with van der Waals surface area (Å²) in [5, 5.41) is 10.3. The van der Waals surface area contributed by atoms with Crippen LogP contribution in [0.15, 0.2) is 24.3 Å². The molecule has 1 fully saturated rings. The van der Waals surface area contributed by atoms with Crippen molar-refractivity contribution in [1.82, 2.24) is 4.90 Å². The normalized spacial score (nSPS) is 19.7. The maximum absolute atomic E-state index is 10.3. The van der Waals surface area contributed by atoms with Crippen LogP contribution in [0.1, 0.15) is 37.8 Å². The molecule has 1 aliphatic heterocycles. The number of nitrogens with zero attached hydrogens (tertiary/aromatic N) is 1. The minimum Gasteiger partial charge on any atom is -0.389 e. The molecule has 0 amide bonds. The summed E-state index contributed by atoms with van der Waals surface area (Å²) in [4.78, 5) is 2.30. The first kappa shape index (κ1) is 18.4. The zero-order valence-corrected chi connectivity index (χ0v) is 14.7. The first-order chi connectivity index (χ1) is 11.0. The van der Waals surface area contributed by atoms with E-state index in [1.54, 1.807) is 0 Å². The monoisotopic (exact) mass is 321 g/mol. The standard InChI is InChI=1S/C19H31NO3/c1-15(2)23-14-18(21)12-20(13-19-9-6-10-22-19)11-17-8-5-4-7-16(17)3/h4-5,7-8,15,18-19,21H,6,9-14H2,1-3H3/t18-,19+/m0/s1. The molecule has 0 saturated carbocycles. The van der Waals surface area contributed by atoms with E-state index in [-0.39, 0.29) is 12.2 Å². The molecule has 4 nitrogen and oxygen atoms in total. The van der Waals surface area contributed by atoms with Crippen molar-refractivity contribution in [3.05, 3.63) is 35.4 Å². The number of benzene rings is 1. The minimum atomic E-state index is -0.470. The fraction of sp³-hybridized carbons (Fsp3) is 0.684. The second-order valence-electron chi connectivity index (χ2n) is 6.79. The molecule has 0 unspecified atom stereocenters. The van der Waals surface area contributed by atoms with E-state index in [1.165, 1.54) is 11.1 Å². The fourth-order valence-electron chi connectivity index (χ4n) is 2.96. The van der Waals surface area contributed by atoms with E-state index in [0.717, 1.165) is 32.5 Å². The molecule has 2 atom stereocenters. The molecule has 4 heteroatoms. The van der Waals surface area contributed by atoms with Crippen molar-refractivity contribution in [3.63, 3.8) is 0 Å². The first-order valence-electron chi connectivity index (χ1n) is 8.72. The molecule has 23 heavy (non-hydrogen) atoms. The quantitative estimate of drug-likeness (QED) is 0.759. The number of aryl methyl sites for hydroxylation is 1. The van der Waals surface area contributed by atoms with E-state index in [1.807, 2.05) is 13.8 Å². The lowest BCUT2D eigenvalue weighted by Gasteiger charge is -2.28. The Morgan fingerprint density at radius 2 is 2.13 bits per heavy atom. The van der Waals surface area contributed by atoms with Gasteiger partial charge in [0, 0.05) is 26.2 Å². The van der Waals surface area contributed by atoms with Gasteiger partial charge < -0.3 is 14.6 Å². The predicted molar refractivity (Wildman–Crippen MR) is 92.5 cm³/mol. The summed E-state index contributed by atoms with van der Waals surface area (Å²) in [6.07, 6.45) is 2.22. The summed E-state index contributed by atoms with van der Waals surface area (Å²) in [5.41, 5.74) is 2.60. The third kappa shape index (κ3) is 6.60. The maximum atomic E-state index is 10.3. The zero-order valence-electron chi connectivity index (χ0n) is 14.7. The topological polar surface area (TPSA) is 41.9 Å². The number of hydrogen-bond acceptors (Lipinski definition) is 4. The highest BCUT2D eigenvalue weighted by atomic mass is 16.5. The summed E-state index contributed by atoms with van der Waals surface area (Å²) >= 11 is 0. The van der Waals surface area contributed by atoms with E-state index < -0.39 is 6.10 Å². The minimum absolute atomic E-state index is 0.146. The third-order valence-electron chi connectivity index (χ3n) is 4.23. The van der Waals surface area contributed by atoms with Gasteiger partial charge in [-0.2, -0.15) is 0 Å². The average molecular weight is 321 g/mol. The Hall–Kier alpha value is -0.940. The van der Waals surface area contributed by atoms with Gasteiger partial charge in [0.1, 0.15) is 0 Å². The predicted octanol–water partition coefficient (Wildman–Crippen LogP) is 2.76. The SMILES string of the molecule is Cc1ccccc1CN(C[C@H](O)COC(C)C)C[C@H]1CCCO1. The van der Waals surface area contributed by atoms with Crippen LogP contribution in [-0.4, -0.2) is 54.6 Å². The second-order valence-corrected chi connectivity index (χ2v) is 6.79. The van der Waals surface area contributed by atoms with Crippen molar-refractivity contribution in [2.45, 2.75) is 58.5 Å². The Kier molecular flexibility index (Phi) is 7.50. The van der Waals surface area contributed by atoms with Gasteiger partial charge in [-0.15, -0.1) is 0 Å². The molecule has 0 aliphatic carbocycles. The largest absolute Gasteiger partial charge is 0.389 e. The van der Waals surface area contributed by atoms with Crippen LogP contribution in [0, 0.1) is 6.92 Å². The molecular formula is C19H31NO3. The van der Waals surface area contributed by atoms with Crippen molar-refractivity contribution in [3.8, 4) is 0 Å². The molecule has 1 heterocycles. The van der Waals surface area contributed by atoms with Crippen LogP contribution in [0.5, 0.6) is 0 Å². The van der Waals surface area contributed by atoms with Crippen LogP contribution in [0.2, 0.25) is 0 Å². The number of ether oxygens (including phenoxy) is 2.